The van der Waals surface area contributed by atoms with Gasteiger partial charge in [0.05, 0.1) is 5.52 Å². The first-order chi connectivity index (χ1) is 15.0. The summed E-state index contributed by atoms with van der Waals surface area (Å²) in [5.41, 5.74) is 0.327. The lowest BCUT2D eigenvalue weighted by atomic mass is 10.1. The predicted octanol–water partition coefficient (Wildman–Crippen LogP) is 1.45. The van der Waals surface area contributed by atoms with Crippen LogP contribution in [0, 0.1) is 0 Å². The Kier molecular flexibility index (Phi) is 7.41. The van der Waals surface area contributed by atoms with E-state index < -0.39 is 17.2 Å². The van der Waals surface area contributed by atoms with E-state index in [0.29, 0.717) is 36.3 Å². The fourth-order valence-corrected chi connectivity index (χ4v) is 4.27. The van der Waals surface area contributed by atoms with Gasteiger partial charge in [-0.05, 0) is 37.3 Å². The number of thiophene rings is 1. The molecule has 0 saturated heterocycles. The first kappa shape index (κ1) is 22.5. The highest BCUT2D eigenvalue weighted by molar-refractivity contribution is 7.17. The lowest BCUT2D eigenvalue weighted by Crippen LogP contribution is -2.45. The fourth-order valence-electron chi connectivity index (χ4n) is 3.43. The zero-order chi connectivity index (χ0) is 22.4. The van der Waals surface area contributed by atoms with Gasteiger partial charge in [-0.2, -0.15) is 0 Å². The standard InChI is InChI=1S/C22H26N4O4S/c1-3-24(4-2)19(28)15-25-17-11-13-31-20(17)21(29)26(22(25)30)14-18(27)23-12-10-16-8-6-5-7-9-16/h5-9,11,13H,3-4,10,12,14-15H2,1-2H3,(H,23,27). The zero-order valence-electron chi connectivity index (χ0n) is 17.7. The molecule has 3 aromatic rings. The summed E-state index contributed by atoms with van der Waals surface area (Å²) in [6.45, 7) is 4.62. The van der Waals surface area contributed by atoms with Crippen LogP contribution < -0.4 is 16.6 Å². The Morgan fingerprint density at radius 2 is 1.71 bits per heavy atom. The molecule has 0 radical (unpaired) electrons. The molecule has 0 saturated carbocycles. The van der Waals surface area contributed by atoms with Crippen LogP contribution in [0.5, 0.6) is 0 Å². The lowest BCUT2D eigenvalue weighted by molar-refractivity contribution is -0.131. The van der Waals surface area contributed by atoms with E-state index in [1.807, 2.05) is 44.2 Å². The fraction of sp³-hybridized carbons (Fsp3) is 0.364. The van der Waals surface area contributed by atoms with Gasteiger partial charge in [-0.15, -0.1) is 11.3 Å². The molecule has 3 rings (SSSR count). The number of benzene rings is 1. The molecule has 0 bridgehead atoms. The van der Waals surface area contributed by atoms with Gasteiger partial charge in [-0.1, -0.05) is 30.3 Å². The molecule has 164 valence electrons. The average molecular weight is 443 g/mol. The summed E-state index contributed by atoms with van der Waals surface area (Å²) in [5, 5.41) is 4.46. The highest BCUT2D eigenvalue weighted by Crippen LogP contribution is 2.15. The van der Waals surface area contributed by atoms with Crippen LogP contribution in [-0.2, 0) is 29.1 Å². The Labute approximate surface area is 183 Å². The number of carbonyl (C=O) groups excluding carboxylic acids is 2. The van der Waals surface area contributed by atoms with Gasteiger partial charge in [0.15, 0.2) is 0 Å². The topological polar surface area (TPSA) is 93.4 Å². The van der Waals surface area contributed by atoms with Crippen LogP contribution in [0.4, 0.5) is 0 Å². The summed E-state index contributed by atoms with van der Waals surface area (Å²) in [5.74, 6) is -0.634. The van der Waals surface area contributed by atoms with Crippen molar-refractivity contribution in [2.75, 3.05) is 19.6 Å². The van der Waals surface area contributed by atoms with Crippen LogP contribution in [0.15, 0.2) is 51.4 Å². The molecule has 2 amide bonds. The van der Waals surface area contributed by atoms with Crippen molar-refractivity contribution in [3.8, 4) is 0 Å². The third kappa shape index (κ3) is 5.11. The SMILES string of the molecule is CCN(CC)C(=O)Cn1c(=O)n(CC(=O)NCCc2ccccc2)c(=O)c2sccc21. The highest BCUT2D eigenvalue weighted by atomic mass is 32.1. The van der Waals surface area contributed by atoms with Gasteiger partial charge in [0.2, 0.25) is 11.8 Å². The zero-order valence-corrected chi connectivity index (χ0v) is 18.5. The molecule has 0 aliphatic heterocycles. The molecular weight excluding hydrogens is 416 g/mol. The highest BCUT2D eigenvalue weighted by Gasteiger charge is 2.19. The molecule has 1 aromatic carbocycles. The summed E-state index contributed by atoms with van der Waals surface area (Å²) in [4.78, 5) is 52.5. The Morgan fingerprint density at radius 1 is 1.00 bits per heavy atom. The Hall–Kier alpha value is -3.20. The van der Waals surface area contributed by atoms with Crippen LogP contribution in [0.25, 0.3) is 10.2 Å². The van der Waals surface area contributed by atoms with E-state index in [1.165, 1.54) is 15.9 Å². The second kappa shape index (κ2) is 10.2. The number of aromatic nitrogens is 2. The first-order valence-electron chi connectivity index (χ1n) is 10.3. The Morgan fingerprint density at radius 3 is 2.39 bits per heavy atom. The van der Waals surface area contributed by atoms with Crippen molar-refractivity contribution in [1.82, 2.24) is 19.4 Å². The van der Waals surface area contributed by atoms with E-state index in [0.717, 1.165) is 10.1 Å². The Balaban J connectivity index is 1.81. The van der Waals surface area contributed by atoms with Crippen molar-refractivity contribution in [2.24, 2.45) is 0 Å². The molecule has 0 aliphatic carbocycles. The number of nitrogens with zero attached hydrogens (tertiary/aromatic N) is 3. The third-order valence-corrected chi connectivity index (χ3v) is 6.02. The maximum absolute atomic E-state index is 13.0. The van der Waals surface area contributed by atoms with Crippen molar-refractivity contribution in [3.05, 3.63) is 68.2 Å². The van der Waals surface area contributed by atoms with E-state index in [2.05, 4.69) is 5.32 Å². The minimum absolute atomic E-state index is 0.177. The van der Waals surface area contributed by atoms with Crippen LogP contribution in [0.3, 0.4) is 0 Å². The second-order valence-electron chi connectivity index (χ2n) is 7.05. The van der Waals surface area contributed by atoms with Gasteiger partial charge in [0, 0.05) is 19.6 Å². The minimum Gasteiger partial charge on any atom is -0.354 e. The van der Waals surface area contributed by atoms with Gasteiger partial charge < -0.3 is 10.2 Å². The molecule has 1 N–H and O–H groups in total. The van der Waals surface area contributed by atoms with E-state index in [1.54, 1.807) is 16.3 Å². The smallest absolute Gasteiger partial charge is 0.332 e. The number of carbonyl (C=O) groups is 2. The van der Waals surface area contributed by atoms with Gasteiger partial charge in [0.25, 0.3) is 5.56 Å². The molecule has 0 unspecified atom stereocenters. The third-order valence-electron chi connectivity index (χ3n) is 5.13. The molecule has 0 spiro atoms. The number of fused-ring (bicyclic) bond motifs is 1. The van der Waals surface area contributed by atoms with Crippen molar-refractivity contribution in [3.63, 3.8) is 0 Å². The summed E-state index contributed by atoms with van der Waals surface area (Å²) in [6, 6.07) is 11.4. The van der Waals surface area contributed by atoms with E-state index in [-0.39, 0.29) is 19.0 Å². The summed E-state index contributed by atoms with van der Waals surface area (Å²) >= 11 is 1.19. The quantitative estimate of drug-likeness (QED) is 0.543. The summed E-state index contributed by atoms with van der Waals surface area (Å²) in [7, 11) is 0. The van der Waals surface area contributed by atoms with Gasteiger partial charge in [-0.3, -0.25) is 19.0 Å². The molecule has 0 fully saturated rings. The normalized spacial score (nSPS) is 10.9. The van der Waals surface area contributed by atoms with E-state index in [9.17, 15) is 19.2 Å². The van der Waals surface area contributed by atoms with E-state index in [4.69, 9.17) is 0 Å². The number of rotatable bonds is 9. The van der Waals surface area contributed by atoms with Crippen molar-refractivity contribution >= 4 is 33.4 Å². The number of amides is 2. The summed E-state index contributed by atoms with van der Waals surface area (Å²) < 4.78 is 2.54. The van der Waals surface area contributed by atoms with Crippen LogP contribution in [0.1, 0.15) is 19.4 Å². The predicted molar refractivity (Wildman–Crippen MR) is 121 cm³/mol. The molecule has 0 atom stereocenters. The number of hydrogen-bond donors (Lipinski definition) is 1. The van der Waals surface area contributed by atoms with Crippen molar-refractivity contribution in [1.29, 1.82) is 0 Å². The maximum atomic E-state index is 13.0. The van der Waals surface area contributed by atoms with Crippen LogP contribution in [0.2, 0.25) is 0 Å². The molecule has 31 heavy (non-hydrogen) atoms. The van der Waals surface area contributed by atoms with Crippen molar-refractivity contribution < 1.29 is 9.59 Å². The molecular formula is C22H26N4O4S. The minimum atomic E-state index is -0.658. The molecule has 2 heterocycles. The number of likely N-dealkylation sites (N-methyl/N-ethyl adjacent to an activating group) is 1. The monoisotopic (exact) mass is 442 g/mol. The number of hydrogen-bond acceptors (Lipinski definition) is 5. The molecule has 8 nitrogen and oxygen atoms in total. The van der Waals surface area contributed by atoms with Crippen LogP contribution in [-0.4, -0.2) is 45.5 Å². The number of nitrogens with one attached hydrogen (secondary N) is 1. The molecule has 9 heteroatoms. The molecule has 0 aliphatic rings. The maximum Gasteiger partial charge on any atom is 0.332 e. The van der Waals surface area contributed by atoms with Crippen LogP contribution >= 0.6 is 11.3 Å². The first-order valence-corrected chi connectivity index (χ1v) is 11.1. The lowest BCUT2D eigenvalue weighted by Gasteiger charge is -2.20. The Bertz CT molecular complexity index is 1180. The molecule has 2 aromatic heterocycles. The van der Waals surface area contributed by atoms with Gasteiger partial charge >= 0.3 is 5.69 Å². The van der Waals surface area contributed by atoms with Crippen molar-refractivity contribution in [2.45, 2.75) is 33.4 Å². The van der Waals surface area contributed by atoms with E-state index >= 15 is 0 Å². The van der Waals surface area contributed by atoms with Gasteiger partial charge in [-0.25, -0.2) is 9.36 Å². The average Bonchev–Trinajstić information content (AvgIpc) is 3.26. The van der Waals surface area contributed by atoms with Gasteiger partial charge in [0.1, 0.15) is 17.8 Å². The summed E-state index contributed by atoms with van der Waals surface area (Å²) in [6.07, 6.45) is 0.647. The second-order valence-corrected chi connectivity index (χ2v) is 7.96. The largest absolute Gasteiger partial charge is 0.354 e.